The summed E-state index contributed by atoms with van der Waals surface area (Å²) in [5.74, 6) is -0.563. The number of benzene rings is 2. The SMILES string of the molecule is CC(C)(C)OC(=O)N1C[C@](O)(c2ccccc2)C[C@H]1C(=O)OCc1ccccc1. The fraction of sp³-hybridized carbons (Fsp3) is 0.391. The van der Waals surface area contributed by atoms with Crippen molar-refractivity contribution in [3.63, 3.8) is 0 Å². The van der Waals surface area contributed by atoms with Crippen LogP contribution in [-0.2, 0) is 26.5 Å². The molecule has 29 heavy (non-hydrogen) atoms. The van der Waals surface area contributed by atoms with Crippen molar-refractivity contribution in [2.75, 3.05) is 6.54 Å². The molecule has 1 N–H and O–H groups in total. The lowest BCUT2D eigenvalue weighted by Crippen LogP contribution is -2.44. The highest BCUT2D eigenvalue weighted by Gasteiger charge is 2.50. The van der Waals surface area contributed by atoms with E-state index in [1.54, 1.807) is 32.9 Å². The molecule has 0 unspecified atom stereocenters. The first-order chi connectivity index (χ1) is 13.7. The van der Waals surface area contributed by atoms with E-state index >= 15 is 0 Å². The smallest absolute Gasteiger partial charge is 0.411 e. The molecule has 0 saturated carbocycles. The molecule has 1 heterocycles. The molecule has 1 saturated heterocycles. The largest absolute Gasteiger partial charge is 0.459 e. The van der Waals surface area contributed by atoms with Crippen molar-refractivity contribution in [2.24, 2.45) is 0 Å². The maximum atomic E-state index is 12.8. The Morgan fingerprint density at radius 2 is 1.66 bits per heavy atom. The summed E-state index contributed by atoms with van der Waals surface area (Å²) < 4.78 is 10.9. The molecule has 6 nitrogen and oxygen atoms in total. The number of aliphatic hydroxyl groups is 1. The molecule has 1 fully saturated rings. The van der Waals surface area contributed by atoms with Gasteiger partial charge in [0, 0.05) is 6.42 Å². The van der Waals surface area contributed by atoms with Gasteiger partial charge in [0.05, 0.1) is 6.54 Å². The number of likely N-dealkylation sites (tertiary alicyclic amines) is 1. The van der Waals surface area contributed by atoms with Gasteiger partial charge in [-0.3, -0.25) is 4.90 Å². The number of ether oxygens (including phenoxy) is 2. The van der Waals surface area contributed by atoms with Crippen molar-refractivity contribution in [3.8, 4) is 0 Å². The van der Waals surface area contributed by atoms with Crippen LogP contribution in [0.1, 0.15) is 38.3 Å². The maximum absolute atomic E-state index is 12.8. The Hall–Kier alpha value is -2.86. The van der Waals surface area contributed by atoms with Crippen LogP contribution in [0.15, 0.2) is 60.7 Å². The lowest BCUT2D eigenvalue weighted by Gasteiger charge is -2.28. The van der Waals surface area contributed by atoms with Crippen LogP contribution in [-0.4, -0.2) is 40.3 Å². The van der Waals surface area contributed by atoms with Gasteiger partial charge in [-0.15, -0.1) is 0 Å². The highest BCUT2D eigenvalue weighted by Crippen LogP contribution is 2.37. The molecule has 2 atom stereocenters. The zero-order valence-corrected chi connectivity index (χ0v) is 17.0. The van der Waals surface area contributed by atoms with E-state index in [1.807, 2.05) is 48.5 Å². The molecule has 1 amide bonds. The number of hydrogen-bond donors (Lipinski definition) is 1. The van der Waals surface area contributed by atoms with Crippen molar-refractivity contribution < 1.29 is 24.2 Å². The Kier molecular flexibility index (Phi) is 5.94. The second kappa shape index (κ2) is 8.25. The van der Waals surface area contributed by atoms with Gasteiger partial charge in [-0.25, -0.2) is 9.59 Å². The molecule has 0 radical (unpaired) electrons. The Labute approximate surface area is 171 Å². The molecular formula is C23H27NO5. The van der Waals surface area contributed by atoms with Gasteiger partial charge in [-0.1, -0.05) is 60.7 Å². The minimum absolute atomic E-state index is 0.0446. The molecular weight excluding hydrogens is 370 g/mol. The highest BCUT2D eigenvalue weighted by molar-refractivity contribution is 5.82. The van der Waals surface area contributed by atoms with Crippen molar-refractivity contribution in [1.82, 2.24) is 4.90 Å². The summed E-state index contributed by atoms with van der Waals surface area (Å²) in [4.78, 5) is 26.9. The zero-order valence-electron chi connectivity index (χ0n) is 17.0. The molecule has 0 spiro atoms. The minimum atomic E-state index is -1.35. The molecule has 3 rings (SSSR count). The topological polar surface area (TPSA) is 76.1 Å². The van der Waals surface area contributed by atoms with Crippen LogP contribution >= 0.6 is 0 Å². The number of esters is 1. The van der Waals surface area contributed by atoms with Crippen molar-refractivity contribution >= 4 is 12.1 Å². The number of nitrogens with zero attached hydrogens (tertiary/aromatic N) is 1. The van der Waals surface area contributed by atoms with E-state index in [0.717, 1.165) is 5.56 Å². The number of β-amino-alcohol motifs (C(OH)–C–C–N with tert-alkyl or cyclic N) is 1. The Bertz CT molecular complexity index is 847. The lowest BCUT2D eigenvalue weighted by molar-refractivity contribution is -0.150. The van der Waals surface area contributed by atoms with Gasteiger partial charge in [-0.2, -0.15) is 0 Å². The van der Waals surface area contributed by atoms with Crippen LogP contribution in [0.5, 0.6) is 0 Å². The van der Waals surface area contributed by atoms with E-state index in [2.05, 4.69) is 0 Å². The molecule has 1 aliphatic rings. The summed E-state index contributed by atoms with van der Waals surface area (Å²) in [5, 5.41) is 11.2. The average Bonchev–Trinajstić information content (AvgIpc) is 3.06. The van der Waals surface area contributed by atoms with E-state index in [1.165, 1.54) is 4.90 Å². The maximum Gasteiger partial charge on any atom is 0.411 e. The first-order valence-electron chi connectivity index (χ1n) is 9.66. The summed E-state index contributed by atoms with van der Waals surface area (Å²) >= 11 is 0. The summed E-state index contributed by atoms with van der Waals surface area (Å²) in [6.07, 6.45) is -0.602. The van der Waals surface area contributed by atoms with E-state index < -0.39 is 29.3 Å². The summed E-state index contributed by atoms with van der Waals surface area (Å²) in [7, 11) is 0. The predicted molar refractivity (Wildman–Crippen MR) is 108 cm³/mol. The molecule has 0 aromatic heterocycles. The van der Waals surface area contributed by atoms with Gasteiger partial charge in [-0.05, 0) is 31.9 Å². The molecule has 0 bridgehead atoms. The molecule has 6 heteroatoms. The van der Waals surface area contributed by atoms with Crippen LogP contribution in [0.2, 0.25) is 0 Å². The fourth-order valence-corrected chi connectivity index (χ4v) is 3.39. The van der Waals surface area contributed by atoms with Gasteiger partial charge in [0.15, 0.2) is 0 Å². The van der Waals surface area contributed by atoms with Crippen molar-refractivity contribution in [2.45, 2.75) is 51.0 Å². The number of carbonyl (C=O) groups is 2. The summed E-state index contributed by atoms with van der Waals surface area (Å²) in [6.45, 7) is 5.33. The van der Waals surface area contributed by atoms with Gasteiger partial charge in [0.2, 0.25) is 0 Å². The van der Waals surface area contributed by atoms with Crippen LogP contribution in [0.25, 0.3) is 0 Å². The monoisotopic (exact) mass is 397 g/mol. The average molecular weight is 397 g/mol. The van der Waals surface area contributed by atoms with Crippen LogP contribution < -0.4 is 0 Å². The van der Waals surface area contributed by atoms with Gasteiger partial charge >= 0.3 is 12.1 Å². The lowest BCUT2D eigenvalue weighted by atomic mass is 9.91. The van der Waals surface area contributed by atoms with Gasteiger partial charge in [0.1, 0.15) is 23.9 Å². The quantitative estimate of drug-likeness (QED) is 0.798. The minimum Gasteiger partial charge on any atom is -0.459 e. The van der Waals surface area contributed by atoms with Gasteiger partial charge in [0.25, 0.3) is 0 Å². The fourth-order valence-electron chi connectivity index (χ4n) is 3.39. The normalized spacial score (nSPS) is 21.7. The Balaban J connectivity index is 1.80. The third-order valence-corrected chi connectivity index (χ3v) is 4.77. The standard InChI is InChI=1S/C23H27NO5/c1-22(2,3)29-21(26)24-16-23(27,18-12-8-5-9-13-18)14-19(24)20(25)28-15-17-10-6-4-7-11-17/h4-13,19,27H,14-16H2,1-3H3/t19-,23-/m0/s1. The Morgan fingerprint density at radius 1 is 1.07 bits per heavy atom. The van der Waals surface area contributed by atoms with Crippen molar-refractivity contribution in [1.29, 1.82) is 0 Å². The number of carbonyl (C=O) groups excluding carboxylic acids is 2. The van der Waals surface area contributed by atoms with E-state index in [-0.39, 0.29) is 19.6 Å². The van der Waals surface area contributed by atoms with Crippen LogP contribution in [0.4, 0.5) is 4.79 Å². The summed E-state index contributed by atoms with van der Waals surface area (Å²) in [6, 6.07) is 17.4. The van der Waals surface area contributed by atoms with Crippen LogP contribution in [0.3, 0.4) is 0 Å². The van der Waals surface area contributed by atoms with Crippen LogP contribution in [0, 0.1) is 0 Å². The summed E-state index contributed by atoms with van der Waals surface area (Å²) in [5.41, 5.74) is -0.578. The highest BCUT2D eigenvalue weighted by atomic mass is 16.6. The number of amides is 1. The molecule has 2 aromatic rings. The van der Waals surface area contributed by atoms with Gasteiger partial charge < -0.3 is 14.6 Å². The first-order valence-corrected chi connectivity index (χ1v) is 9.66. The zero-order chi connectivity index (χ0) is 21.1. The Morgan fingerprint density at radius 3 is 2.24 bits per heavy atom. The number of rotatable bonds is 4. The third kappa shape index (κ3) is 5.15. The number of hydrogen-bond acceptors (Lipinski definition) is 5. The van der Waals surface area contributed by atoms with E-state index in [0.29, 0.717) is 5.56 Å². The van der Waals surface area contributed by atoms with E-state index in [9.17, 15) is 14.7 Å². The predicted octanol–water partition coefficient (Wildman–Crippen LogP) is 3.63. The second-order valence-electron chi connectivity index (χ2n) is 8.32. The molecule has 1 aliphatic heterocycles. The molecule has 0 aliphatic carbocycles. The molecule has 2 aromatic carbocycles. The molecule has 154 valence electrons. The van der Waals surface area contributed by atoms with Crippen molar-refractivity contribution in [3.05, 3.63) is 71.8 Å². The van der Waals surface area contributed by atoms with E-state index in [4.69, 9.17) is 9.47 Å². The first kappa shape index (κ1) is 20.9. The second-order valence-corrected chi connectivity index (χ2v) is 8.32. The third-order valence-electron chi connectivity index (χ3n) is 4.77.